The molecular formula is C20H39N5O3. The van der Waals surface area contributed by atoms with Crippen LogP contribution in [0.1, 0.15) is 53.9 Å². The van der Waals surface area contributed by atoms with Gasteiger partial charge >= 0.3 is 6.09 Å². The lowest BCUT2D eigenvalue weighted by molar-refractivity contribution is -0.127. The Kier molecular flexibility index (Phi) is 10.1. The van der Waals surface area contributed by atoms with Gasteiger partial charge in [0.25, 0.3) is 0 Å². The number of aliphatic imine (C=N–C) groups is 1. The zero-order valence-electron chi connectivity index (χ0n) is 18.5. The summed E-state index contributed by atoms with van der Waals surface area (Å²) in [5, 5.41) is 6.55. The largest absolute Gasteiger partial charge is 0.444 e. The Hall–Kier alpha value is -1.99. The number of nitrogens with one attached hydrogen (secondary N) is 2. The summed E-state index contributed by atoms with van der Waals surface area (Å²) in [5.74, 6) is 1.24. The van der Waals surface area contributed by atoms with Gasteiger partial charge in [0, 0.05) is 52.7 Å². The minimum absolute atomic E-state index is 0.204. The third-order valence-electron chi connectivity index (χ3n) is 4.26. The standard InChI is InChI=1S/C20H39N5O3/c1-7-21-18(22-11-9-13-25-12-8-10-17(25)26)23-14-16(2)15-24(6)19(27)28-20(3,4)5/h16H,7-15H2,1-6H3,(H2,21,22,23). The van der Waals surface area contributed by atoms with Crippen LogP contribution < -0.4 is 10.6 Å². The van der Waals surface area contributed by atoms with Crippen molar-refractivity contribution in [3.63, 3.8) is 0 Å². The summed E-state index contributed by atoms with van der Waals surface area (Å²) in [7, 11) is 1.75. The minimum Gasteiger partial charge on any atom is -0.444 e. The summed E-state index contributed by atoms with van der Waals surface area (Å²) in [5.41, 5.74) is -0.492. The van der Waals surface area contributed by atoms with Gasteiger partial charge in [0.15, 0.2) is 5.96 Å². The first-order valence-corrected chi connectivity index (χ1v) is 10.4. The van der Waals surface area contributed by atoms with Crippen molar-refractivity contribution in [3.8, 4) is 0 Å². The molecule has 2 N–H and O–H groups in total. The van der Waals surface area contributed by atoms with Crippen LogP contribution >= 0.6 is 0 Å². The Morgan fingerprint density at radius 3 is 2.64 bits per heavy atom. The van der Waals surface area contributed by atoms with Crippen LogP contribution in [0.3, 0.4) is 0 Å². The monoisotopic (exact) mass is 397 g/mol. The van der Waals surface area contributed by atoms with Gasteiger partial charge in [-0.1, -0.05) is 6.92 Å². The Morgan fingerprint density at radius 1 is 1.36 bits per heavy atom. The first-order valence-electron chi connectivity index (χ1n) is 10.4. The predicted octanol–water partition coefficient (Wildman–Crippen LogP) is 2.06. The van der Waals surface area contributed by atoms with Crippen molar-refractivity contribution in [2.24, 2.45) is 10.9 Å². The van der Waals surface area contributed by atoms with Crippen LogP contribution in [-0.4, -0.2) is 79.7 Å². The fourth-order valence-corrected chi connectivity index (χ4v) is 2.95. The molecule has 1 fully saturated rings. The molecule has 28 heavy (non-hydrogen) atoms. The highest BCUT2D eigenvalue weighted by Crippen LogP contribution is 2.11. The Bertz CT molecular complexity index is 530. The lowest BCUT2D eigenvalue weighted by Crippen LogP contribution is -2.40. The van der Waals surface area contributed by atoms with Crippen LogP contribution in [0.4, 0.5) is 4.79 Å². The maximum atomic E-state index is 12.1. The molecule has 0 spiro atoms. The van der Waals surface area contributed by atoms with E-state index in [4.69, 9.17) is 4.74 Å². The molecular weight excluding hydrogens is 358 g/mol. The molecule has 0 aromatic carbocycles. The topological polar surface area (TPSA) is 86.3 Å². The summed E-state index contributed by atoms with van der Waals surface area (Å²) < 4.78 is 5.38. The van der Waals surface area contributed by atoms with Crippen LogP contribution in [-0.2, 0) is 9.53 Å². The van der Waals surface area contributed by atoms with Crippen LogP contribution in [0, 0.1) is 5.92 Å². The van der Waals surface area contributed by atoms with E-state index in [1.165, 1.54) is 0 Å². The van der Waals surface area contributed by atoms with Gasteiger partial charge in [0.1, 0.15) is 5.60 Å². The number of ether oxygens (including phenoxy) is 1. The average Bonchev–Trinajstić information content (AvgIpc) is 2.99. The van der Waals surface area contributed by atoms with E-state index in [0.29, 0.717) is 19.5 Å². The van der Waals surface area contributed by atoms with Crippen molar-refractivity contribution in [1.29, 1.82) is 0 Å². The molecule has 1 unspecified atom stereocenters. The first kappa shape index (κ1) is 24.0. The van der Waals surface area contributed by atoms with E-state index < -0.39 is 5.60 Å². The summed E-state index contributed by atoms with van der Waals surface area (Å²) in [6, 6.07) is 0. The number of nitrogens with zero attached hydrogens (tertiary/aromatic N) is 3. The molecule has 1 heterocycles. The molecule has 8 nitrogen and oxygen atoms in total. The summed E-state index contributed by atoms with van der Waals surface area (Å²) >= 11 is 0. The molecule has 0 aromatic rings. The molecule has 8 heteroatoms. The highest BCUT2D eigenvalue weighted by atomic mass is 16.6. The highest BCUT2D eigenvalue weighted by Gasteiger charge is 2.21. The van der Waals surface area contributed by atoms with Gasteiger partial charge in [-0.3, -0.25) is 9.79 Å². The normalized spacial score (nSPS) is 16.1. The lowest BCUT2D eigenvalue weighted by Gasteiger charge is -2.26. The SMILES string of the molecule is CCNC(=NCC(C)CN(C)C(=O)OC(C)(C)C)NCCCN1CCCC1=O. The molecule has 1 aliphatic heterocycles. The molecule has 0 saturated carbocycles. The zero-order chi connectivity index (χ0) is 21.2. The van der Waals surface area contributed by atoms with Gasteiger partial charge in [-0.15, -0.1) is 0 Å². The molecule has 1 atom stereocenters. The third kappa shape index (κ3) is 9.80. The second-order valence-corrected chi connectivity index (χ2v) is 8.45. The van der Waals surface area contributed by atoms with Gasteiger partial charge < -0.3 is 25.2 Å². The second-order valence-electron chi connectivity index (χ2n) is 8.45. The molecule has 1 aliphatic rings. The van der Waals surface area contributed by atoms with Crippen LogP contribution in [0.5, 0.6) is 0 Å². The number of likely N-dealkylation sites (tertiary alicyclic amines) is 1. The van der Waals surface area contributed by atoms with E-state index in [9.17, 15) is 9.59 Å². The summed E-state index contributed by atoms with van der Waals surface area (Å²) in [4.78, 5) is 31.8. The minimum atomic E-state index is -0.492. The van der Waals surface area contributed by atoms with Crippen molar-refractivity contribution in [2.75, 3.05) is 46.3 Å². The molecule has 0 aromatic heterocycles. The smallest absolute Gasteiger partial charge is 0.410 e. The lowest BCUT2D eigenvalue weighted by atomic mass is 10.2. The Labute approximate surface area is 170 Å². The molecule has 2 amide bonds. The number of carbonyl (C=O) groups excluding carboxylic acids is 2. The van der Waals surface area contributed by atoms with Crippen molar-refractivity contribution in [3.05, 3.63) is 0 Å². The van der Waals surface area contributed by atoms with Gasteiger partial charge in [-0.2, -0.15) is 0 Å². The van der Waals surface area contributed by atoms with Crippen LogP contribution in [0.25, 0.3) is 0 Å². The fourth-order valence-electron chi connectivity index (χ4n) is 2.95. The van der Waals surface area contributed by atoms with E-state index in [1.807, 2.05) is 32.6 Å². The van der Waals surface area contributed by atoms with E-state index in [0.717, 1.165) is 45.0 Å². The fraction of sp³-hybridized carbons (Fsp3) is 0.850. The zero-order valence-corrected chi connectivity index (χ0v) is 18.5. The molecule has 1 rings (SSSR count). The molecule has 1 saturated heterocycles. The van der Waals surface area contributed by atoms with E-state index in [1.54, 1.807) is 11.9 Å². The van der Waals surface area contributed by atoms with Crippen LogP contribution in [0.2, 0.25) is 0 Å². The van der Waals surface area contributed by atoms with Gasteiger partial charge in [0.2, 0.25) is 5.91 Å². The van der Waals surface area contributed by atoms with E-state index in [2.05, 4.69) is 22.5 Å². The van der Waals surface area contributed by atoms with E-state index >= 15 is 0 Å². The quantitative estimate of drug-likeness (QED) is 0.353. The Balaban J connectivity index is 2.36. The van der Waals surface area contributed by atoms with Crippen molar-refractivity contribution in [2.45, 2.75) is 59.5 Å². The van der Waals surface area contributed by atoms with Crippen molar-refractivity contribution in [1.82, 2.24) is 20.4 Å². The number of carbonyl (C=O) groups is 2. The molecule has 0 aliphatic carbocycles. The van der Waals surface area contributed by atoms with Crippen molar-refractivity contribution >= 4 is 18.0 Å². The first-order chi connectivity index (χ1) is 13.1. The van der Waals surface area contributed by atoms with Crippen LogP contribution in [0.15, 0.2) is 4.99 Å². The number of guanidine groups is 1. The number of rotatable bonds is 9. The van der Waals surface area contributed by atoms with E-state index in [-0.39, 0.29) is 17.9 Å². The molecule has 0 radical (unpaired) electrons. The maximum absolute atomic E-state index is 12.1. The summed E-state index contributed by atoms with van der Waals surface area (Å²) in [6.45, 7) is 14.1. The number of hydrogen-bond donors (Lipinski definition) is 2. The summed E-state index contributed by atoms with van der Waals surface area (Å²) in [6.07, 6.45) is 2.25. The molecule has 0 bridgehead atoms. The predicted molar refractivity (Wildman–Crippen MR) is 112 cm³/mol. The third-order valence-corrected chi connectivity index (χ3v) is 4.26. The van der Waals surface area contributed by atoms with Gasteiger partial charge in [-0.05, 0) is 46.5 Å². The Morgan fingerprint density at radius 2 is 2.07 bits per heavy atom. The molecule has 162 valence electrons. The van der Waals surface area contributed by atoms with Crippen molar-refractivity contribution < 1.29 is 14.3 Å². The highest BCUT2D eigenvalue weighted by molar-refractivity contribution is 5.79. The second kappa shape index (κ2) is 11.8. The van der Waals surface area contributed by atoms with Gasteiger partial charge in [-0.25, -0.2) is 4.79 Å². The number of amides is 2. The number of hydrogen-bond acceptors (Lipinski definition) is 4. The maximum Gasteiger partial charge on any atom is 0.410 e. The average molecular weight is 398 g/mol. The van der Waals surface area contributed by atoms with Gasteiger partial charge in [0.05, 0.1) is 0 Å².